The summed E-state index contributed by atoms with van der Waals surface area (Å²) >= 11 is 16.0. The normalized spacial score (nSPS) is 11.2. The molecular weight excluding hydrogens is 449 g/mol. The lowest BCUT2D eigenvalue weighted by Crippen LogP contribution is -2.13. The lowest BCUT2D eigenvalue weighted by molar-refractivity contribution is 0.783. The Hall–Kier alpha value is -2.15. The Kier molecular flexibility index (Phi) is 5.04. The van der Waals surface area contributed by atoms with Gasteiger partial charge in [0, 0.05) is 26.5 Å². The van der Waals surface area contributed by atoms with Crippen molar-refractivity contribution in [1.29, 1.82) is 5.41 Å². The predicted octanol–water partition coefficient (Wildman–Crippen LogP) is 4.95. The molecule has 2 aromatic heterocycles. The third-order valence-electron chi connectivity index (χ3n) is 4.24. The number of fused-ring (bicyclic) bond motifs is 1. The lowest BCUT2D eigenvalue weighted by atomic mass is 10.1. The van der Waals surface area contributed by atoms with E-state index in [2.05, 4.69) is 25.9 Å². The van der Waals surface area contributed by atoms with Crippen molar-refractivity contribution < 1.29 is 0 Å². The fourth-order valence-corrected chi connectivity index (χ4v) is 3.66. The standard InChI is InChI=1S/C19H14BrCl2N5/c20-12-6-4-11(5-7-12)8-16-25-17-18(23)24-10-27(19(17)26-16)9-13-14(21)2-1-3-15(13)22/h1-7,10,23H,8-9H2,(H,25,26). The zero-order chi connectivity index (χ0) is 19.0. The lowest BCUT2D eigenvalue weighted by Gasteiger charge is -2.10. The Labute approximate surface area is 173 Å². The average molecular weight is 463 g/mol. The van der Waals surface area contributed by atoms with E-state index in [1.165, 1.54) is 0 Å². The molecule has 0 saturated carbocycles. The van der Waals surface area contributed by atoms with Crippen molar-refractivity contribution in [3.63, 3.8) is 0 Å². The molecule has 136 valence electrons. The summed E-state index contributed by atoms with van der Waals surface area (Å²) in [6, 6.07) is 13.5. The van der Waals surface area contributed by atoms with Crippen LogP contribution in [0.3, 0.4) is 0 Å². The van der Waals surface area contributed by atoms with Crippen LogP contribution in [0.15, 0.2) is 53.3 Å². The summed E-state index contributed by atoms with van der Waals surface area (Å²) in [7, 11) is 0. The topological polar surface area (TPSA) is 70.3 Å². The maximum atomic E-state index is 8.09. The van der Waals surface area contributed by atoms with E-state index in [-0.39, 0.29) is 5.49 Å². The second-order valence-electron chi connectivity index (χ2n) is 6.11. The molecular formula is C19H14BrCl2N5. The van der Waals surface area contributed by atoms with Gasteiger partial charge in [-0.1, -0.05) is 57.3 Å². The van der Waals surface area contributed by atoms with Crippen molar-refractivity contribution in [3.05, 3.63) is 85.7 Å². The van der Waals surface area contributed by atoms with Gasteiger partial charge in [0.2, 0.25) is 0 Å². The number of hydrogen-bond acceptors (Lipinski definition) is 3. The van der Waals surface area contributed by atoms with Crippen molar-refractivity contribution in [2.75, 3.05) is 0 Å². The third-order valence-corrected chi connectivity index (χ3v) is 5.48. The van der Waals surface area contributed by atoms with E-state index < -0.39 is 0 Å². The van der Waals surface area contributed by atoms with Crippen LogP contribution in [0.5, 0.6) is 0 Å². The monoisotopic (exact) mass is 461 g/mol. The number of aromatic nitrogens is 4. The van der Waals surface area contributed by atoms with E-state index >= 15 is 0 Å². The quantitative estimate of drug-likeness (QED) is 0.450. The van der Waals surface area contributed by atoms with E-state index in [1.54, 1.807) is 18.5 Å². The first-order chi connectivity index (χ1) is 13.0. The average Bonchev–Trinajstić information content (AvgIpc) is 3.07. The largest absolute Gasteiger partial charge is 0.337 e. The zero-order valence-corrected chi connectivity index (χ0v) is 17.1. The summed E-state index contributed by atoms with van der Waals surface area (Å²) < 4.78 is 2.88. The van der Waals surface area contributed by atoms with Crippen molar-refractivity contribution in [1.82, 2.24) is 19.5 Å². The number of nitrogens with one attached hydrogen (secondary N) is 2. The molecule has 0 amide bonds. The summed E-state index contributed by atoms with van der Waals surface area (Å²) in [5.74, 6) is 0.771. The van der Waals surface area contributed by atoms with Gasteiger partial charge >= 0.3 is 0 Å². The van der Waals surface area contributed by atoms with Gasteiger partial charge in [-0.25, -0.2) is 9.97 Å². The molecule has 0 atom stereocenters. The van der Waals surface area contributed by atoms with Gasteiger partial charge in [-0.2, -0.15) is 0 Å². The molecule has 0 saturated heterocycles. The minimum Gasteiger partial charge on any atom is -0.337 e. The number of nitrogens with zero attached hydrogens (tertiary/aromatic N) is 3. The highest BCUT2D eigenvalue weighted by molar-refractivity contribution is 9.10. The zero-order valence-electron chi connectivity index (χ0n) is 14.0. The van der Waals surface area contributed by atoms with Gasteiger partial charge in [0.15, 0.2) is 11.1 Å². The number of benzene rings is 2. The summed E-state index contributed by atoms with van der Waals surface area (Å²) in [5, 5.41) is 9.27. The molecule has 2 aromatic carbocycles. The summed E-state index contributed by atoms with van der Waals surface area (Å²) in [4.78, 5) is 12.1. The Morgan fingerprint density at radius 2 is 1.78 bits per heavy atom. The van der Waals surface area contributed by atoms with Crippen molar-refractivity contribution >= 4 is 50.3 Å². The van der Waals surface area contributed by atoms with Gasteiger partial charge in [-0.05, 0) is 29.8 Å². The highest BCUT2D eigenvalue weighted by Crippen LogP contribution is 2.25. The Bertz CT molecular complexity index is 1160. The van der Waals surface area contributed by atoms with E-state index in [0.717, 1.165) is 21.4 Å². The first kappa shape index (κ1) is 18.2. The van der Waals surface area contributed by atoms with Crippen LogP contribution < -0.4 is 5.49 Å². The van der Waals surface area contributed by atoms with E-state index in [0.29, 0.717) is 34.2 Å². The van der Waals surface area contributed by atoms with Gasteiger partial charge in [0.25, 0.3) is 0 Å². The first-order valence-corrected chi connectivity index (χ1v) is 9.72. The SMILES string of the molecule is N=c1ncn(Cc2c(Cl)cccc2Cl)c2nc(Cc3ccc(Br)cc3)[nH]c12. The molecule has 0 unspecified atom stereocenters. The van der Waals surface area contributed by atoms with E-state index in [4.69, 9.17) is 33.6 Å². The molecule has 0 radical (unpaired) electrons. The van der Waals surface area contributed by atoms with Gasteiger partial charge in [-0.3, -0.25) is 5.41 Å². The number of rotatable bonds is 4. The number of H-pyrrole nitrogens is 1. The smallest absolute Gasteiger partial charge is 0.173 e. The highest BCUT2D eigenvalue weighted by atomic mass is 79.9. The minimum absolute atomic E-state index is 0.154. The van der Waals surface area contributed by atoms with Crippen molar-refractivity contribution in [2.24, 2.45) is 0 Å². The highest BCUT2D eigenvalue weighted by Gasteiger charge is 2.12. The fourth-order valence-electron chi connectivity index (χ4n) is 2.88. The van der Waals surface area contributed by atoms with Crippen LogP contribution in [0.4, 0.5) is 0 Å². The summed E-state index contributed by atoms with van der Waals surface area (Å²) in [6.07, 6.45) is 2.23. The molecule has 0 aliphatic rings. The third kappa shape index (κ3) is 3.78. The molecule has 0 aliphatic heterocycles. The number of imidazole rings is 1. The van der Waals surface area contributed by atoms with Crippen LogP contribution in [-0.4, -0.2) is 19.5 Å². The second-order valence-corrected chi connectivity index (χ2v) is 7.84. The maximum absolute atomic E-state index is 8.09. The maximum Gasteiger partial charge on any atom is 0.173 e. The molecule has 5 nitrogen and oxygen atoms in total. The molecule has 0 aliphatic carbocycles. The predicted molar refractivity (Wildman–Crippen MR) is 110 cm³/mol. The van der Waals surface area contributed by atoms with E-state index in [1.807, 2.05) is 34.9 Å². The summed E-state index contributed by atoms with van der Waals surface area (Å²) in [6.45, 7) is 0.421. The van der Waals surface area contributed by atoms with E-state index in [9.17, 15) is 0 Å². The van der Waals surface area contributed by atoms with Crippen LogP contribution in [0, 0.1) is 5.41 Å². The van der Waals surface area contributed by atoms with Crippen molar-refractivity contribution in [2.45, 2.75) is 13.0 Å². The molecule has 0 bridgehead atoms. The Morgan fingerprint density at radius 3 is 2.48 bits per heavy atom. The van der Waals surface area contributed by atoms with Gasteiger partial charge < -0.3 is 9.55 Å². The Balaban J connectivity index is 1.74. The first-order valence-electron chi connectivity index (χ1n) is 8.17. The molecule has 2 heterocycles. The minimum atomic E-state index is 0.154. The fraction of sp³-hybridized carbons (Fsp3) is 0.105. The van der Waals surface area contributed by atoms with Crippen LogP contribution in [-0.2, 0) is 13.0 Å². The molecule has 4 aromatic rings. The molecule has 4 rings (SSSR count). The van der Waals surface area contributed by atoms with Crippen molar-refractivity contribution in [3.8, 4) is 0 Å². The van der Waals surface area contributed by atoms with Crippen LogP contribution in [0.25, 0.3) is 11.2 Å². The summed E-state index contributed by atoms with van der Waals surface area (Å²) in [5.41, 5.74) is 3.31. The van der Waals surface area contributed by atoms with Gasteiger partial charge in [0.1, 0.15) is 11.3 Å². The molecule has 8 heteroatoms. The van der Waals surface area contributed by atoms with Gasteiger partial charge in [0.05, 0.1) is 12.9 Å². The number of hydrogen-bond donors (Lipinski definition) is 2. The molecule has 0 fully saturated rings. The van der Waals surface area contributed by atoms with Crippen LogP contribution in [0.2, 0.25) is 10.0 Å². The van der Waals surface area contributed by atoms with Crippen LogP contribution >= 0.6 is 39.1 Å². The second kappa shape index (κ2) is 7.46. The number of halogens is 3. The van der Waals surface area contributed by atoms with Gasteiger partial charge in [-0.15, -0.1) is 0 Å². The van der Waals surface area contributed by atoms with Crippen LogP contribution in [0.1, 0.15) is 17.0 Å². The Morgan fingerprint density at radius 1 is 1.07 bits per heavy atom. The number of aromatic amines is 1. The molecule has 27 heavy (non-hydrogen) atoms. The molecule has 0 spiro atoms. The molecule has 2 N–H and O–H groups in total.